The molecule has 0 bridgehead atoms. The van der Waals surface area contributed by atoms with Crippen LogP contribution in [0.4, 0.5) is 11.4 Å². The van der Waals surface area contributed by atoms with E-state index in [9.17, 15) is 13.2 Å². The monoisotopic (exact) mass is 326 g/mol. The van der Waals surface area contributed by atoms with Gasteiger partial charge in [0, 0.05) is 31.5 Å². The van der Waals surface area contributed by atoms with Crippen LogP contribution in [0, 0.1) is 0 Å². The highest BCUT2D eigenvalue weighted by atomic mass is 32.2. The molecule has 1 heterocycles. The molecule has 0 spiro atoms. The van der Waals surface area contributed by atoms with Gasteiger partial charge in [0.15, 0.2) is 0 Å². The van der Waals surface area contributed by atoms with Gasteiger partial charge in [0.25, 0.3) is 10.2 Å². The Morgan fingerprint density at radius 3 is 2.36 bits per heavy atom. The summed E-state index contributed by atoms with van der Waals surface area (Å²) in [6, 6.07) is 7.60. The molecule has 1 aromatic carbocycles. The quantitative estimate of drug-likeness (QED) is 0.717. The van der Waals surface area contributed by atoms with Crippen molar-refractivity contribution < 1.29 is 13.2 Å². The highest BCUT2D eigenvalue weighted by Crippen LogP contribution is 2.21. The summed E-state index contributed by atoms with van der Waals surface area (Å²) in [7, 11) is -2.32. The maximum Gasteiger partial charge on any atom is 0.277 e. The Balaban J connectivity index is 1.86. The van der Waals surface area contributed by atoms with E-state index in [-0.39, 0.29) is 6.54 Å². The number of carbonyl (C=O) groups is 1. The molecule has 1 aliphatic rings. The van der Waals surface area contributed by atoms with Crippen LogP contribution >= 0.6 is 0 Å². The average Bonchev–Trinajstić information content (AvgIpc) is 2.55. The molecule has 2 rings (SSSR count). The second-order valence-corrected chi connectivity index (χ2v) is 6.88. The van der Waals surface area contributed by atoms with Gasteiger partial charge in [0.1, 0.15) is 0 Å². The third-order valence-electron chi connectivity index (χ3n) is 3.56. The van der Waals surface area contributed by atoms with Gasteiger partial charge in [-0.05, 0) is 43.5 Å². The largest absolute Gasteiger partial charge is 0.372 e. The number of piperidine rings is 1. The molecular weight excluding hydrogens is 304 g/mol. The molecule has 0 aliphatic carbocycles. The molecule has 3 N–H and O–H groups in total. The summed E-state index contributed by atoms with van der Waals surface area (Å²) in [5.74, 6) is -0.412. The van der Waals surface area contributed by atoms with Crippen LogP contribution < -0.4 is 19.7 Å². The molecule has 1 aromatic rings. The molecule has 0 unspecified atom stereocenters. The smallest absolute Gasteiger partial charge is 0.277 e. The van der Waals surface area contributed by atoms with Gasteiger partial charge >= 0.3 is 0 Å². The number of amides is 1. The third kappa shape index (κ3) is 4.97. The van der Waals surface area contributed by atoms with Crippen LogP contribution in [0.25, 0.3) is 0 Å². The number of carbonyl (C=O) groups excluding carboxylic acids is 1. The van der Waals surface area contributed by atoms with Crippen molar-refractivity contribution >= 4 is 27.5 Å². The molecule has 122 valence electrons. The van der Waals surface area contributed by atoms with E-state index in [1.165, 1.54) is 26.3 Å². The second-order valence-electron chi connectivity index (χ2n) is 5.17. The predicted octanol–water partition coefficient (Wildman–Crippen LogP) is 0.669. The van der Waals surface area contributed by atoms with Crippen molar-refractivity contribution in [3.63, 3.8) is 0 Å². The number of nitrogens with one attached hydrogen (secondary N) is 3. The van der Waals surface area contributed by atoms with Crippen LogP contribution in [-0.2, 0) is 15.0 Å². The van der Waals surface area contributed by atoms with Crippen molar-refractivity contribution in [3.05, 3.63) is 24.3 Å². The normalized spacial score (nSPS) is 15.6. The molecular formula is C14H22N4O3S. The molecule has 0 saturated carbocycles. The first-order valence-electron chi connectivity index (χ1n) is 7.33. The third-order valence-corrected chi connectivity index (χ3v) is 4.63. The standard InChI is InChI=1S/C14H22N4O3S/c1-15-22(20,21)16-11-14(19)17-12-5-7-13(8-6-12)18-9-3-2-4-10-18/h5-8,15-16H,2-4,9-11H2,1H3,(H,17,19). The van der Waals surface area contributed by atoms with E-state index in [1.807, 2.05) is 24.3 Å². The van der Waals surface area contributed by atoms with Gasteiger partial charge in [0.2, 0.25) is 5.91 Å². The van der Waals surface area contributed by atoms with Gasteiger partial charge in [-0.25, -0.2) is 4.72 Å². The fraction of sp³-hybridized carbons (Fsp3) is 0.500. The van der Waals surface area contributed by atoms with Crippen molar-refractivity contribution in [3.8, 4) is 0 Å². The van der Waals surface area contributed by atoms with Crippen LogP contribution in [0.15, 0.2) is 24.3 Å². The minimum Gasteiger partial charge on any atom is -0.372 e. The van der Waals surface area contributed by atoms with Gasteiger partial charge in [-0.1, -0.05) is 0 Å². The number of hydrogen-bond donors (Lipinski definition) is 3. The van der Waals surface area contributed by atoms with Crippen LogP contribution in [0.1, 0.15) is 19.3 Å². The fourth-order valence-corrected chi connectivity index (χ4v) is 2.81. The van der Waals surface area contributed by atoms with E-state index in [1.54, 1.807) is 0 Å². The number of anilines is 2. The van der Waals surface area contributed by atoms with Crippen LogP contribution in [-0.4, -0.2) is 41.0 Å². The molecule has 0 radical (unpaired) electrons. The Morgan fingerprint density at radius 2 is 1.77 bits per heavy atom. The Morgan fingerprint density at radius 1 is 1.14 bits per heavy atom. The lowest BCUT2D eigenvalue weighted by atomic mass is 10.1. The highest BCUT2D eigenvalue weighted by molar-refractivity contribution is 7.87. The van der Waals surface area contributed by atoms with Gasteiger partial charge in [0.05, 0.1) is 6.54 Å². The van der Waals surface area contributed by atoms with Gasteiger partial charge < -0.3 is 10.2 Å². The molecule has 8 heteroatoms. The maximum absolute atomic E-state index is 11.7. The zero-order valence-corrected chi connectivity index (χ0v) is 13.4. The number of hydrogen-bond acceptors (Lipinski definition) is 4. The Labute approximate surface area is 131 Å². The first kappa shape index (κ1) is 16.7. The van der Waals surface area contributed by atoms with Gasteiger partial charge in [-0.15, -0.1) is 0 Å². The maximum atomic E-state index is 11.7. The number of benzene rings is 1. The molecule has 1 fully saturated rings. The summed E-state index contributed by atoms with van der Waals surface area (Å²) in [5.41, 5.74) is 1.79. The molecule has 0 atom stereocenters. The van der Waals surface area contributed by atoms with E-state index < -0.39 is 16.1 Å². The minimum atomic E-state index is -3.60. The van der Waals surface area contributed by atoms with E-state index in [2.05, 4.69) is 19.7 Å². The van der Waals surface area contributed by atoms with Crippen LogP contribution in [0.5, 0.6) is 0 Å². The molecule has 1 saturated heterocycles. The van der Waals surface area contributed by atoms with E-state index in [0.717, 1.165) is 18.8 Å². The molecule has 1 aliphatic heterocycles. The number of rotatable bonds is 6. The first-order chi connectivity index (χ1) is 10.5. The van der Waals surface area contributed by atoms with E-state index in [4.69, 9.17) is 0 Å². The van der Waals surface area contributed by atoms with Crippen molar-refractivity contribution in [1.29, 1.82) is 0 Å². The molecule has 22 heavy (non-hydrogen) atoms. The lowest BCUT2D eigenvalue weighted by Gasteiger charge is -2.28. The van der Waals surface area contributed by atoms with Gasteiger partial charge in [-0.2, -0.15) is 13.1 Å². The fourth-order valence-electron chi connectivity index (χ4n) is 2.35. The van der Waals surface area contributed by atoms with Crippen LogP contribution in [0.2, 0.25) is 0 Å². The van der Waals surface area contributed by atoms with Gasteiger partial charge in [-0.3, -0.25) is 4.79 Å². The first-order valence-corrected chi connectivity index (χ1v) is 8.81. The summed E-state index contributed by atoms with van der Waals surface area (Å²) in [5, 5.41) is 2.66. The zero-order chi connectivity index (χ0) is 16.0. The summed E-state index contributed by atoms with van der Waals surface area (Å²) in [6.45, 7) is 1.83. The van der Waals surface area contributed by atoms with Crippen LogP contribution in [0.3, 0.4) is 0 Å². The zero-order valence-electron chi connectivity index (χ0n) is 12.6. The SMILES string of the molecule is CNS(=O)(=O)NCC(=O)Nc1ccc(N2CCCCC2)cc1. The summed E-state index contributed by atoms with van der Waals surface area (Å²) in [4.78, 5) is 14.0. The Bertz CT molecular complexity index is 595. The lowest BCUT2D eigenvalue weighted by molar-refractivity contribution is -0.115. The minimum absolute atomic E-state index is 0.308. The van der Waals surface area contributed by atoms with E-state index in [0.29, 0.717) is 5.69 Å². The Hall–Kier alpha value is -1.64. The van der Waals surface area contributed by atoms with Crippen molar-refractivity contribution in [2.75, 3.05) is 36.9 Å². The van der Waals surface area contributed by atoms with Crippen molar-refractivity contribution in [1.82, 2.24) is 9.44 Å². The lowest BCUT2D eigenvalue weighted by Crippen LogP contribution is -2.39. The highest BCUT2D eigenvalue weighted by Gasteiger charge is 2.12. The average molecular weight is 326 g/mol. The molecule has 1 amide bonds. The summed E-state index contributed by atoms with van der Waals surface area (Å²) >= 11 is 0. The van der Waals surface area contributed by atoms with Crippen molar-refractivity contribution in [2.45, 2.75) is 19.3 Å². The topological polar surface area (TPSA) is 90.5 Å². The number of nitrogens with zero attached hydrogens (tertiary/aromatic N) is 1. The molecule has 0 aromatic heterocycles. The Kier molecular flexibility index (Phi) is 5.76. The summed E-state index contributed by atoms with van der Waals surface area (Å²) < 4.78 is 26.5. The summed E-state index contributed by atoms with van der Waals surface area (Å²) in [6.07, 6.45) is 3.71. The van der Waals surface area contributed by atoms with E-state index >= 15 is 0 Å². The molecule has 7 nitrogen and oxygen atoms in total. The predicted molar refractivity (Wildman–Crippen MR) is 87.1 cm³/mol. The second kappa shape index (κ2) is 7.57. The van der Waals surface area contributed by atoms with Crippen molar-refractivity contribution in [2.24, 2.45) is 0 Å².